The molecule has 0 saturated carbocycles. The van der Waals surface area contributed by atoms with Crippen LogP contribution in [-0.4, -0.2) is 24.0 Å². The van der Waals surface area contributed by atoms with Crippen LogP contribution in [0.15, 0.2) is 61.2 Å². The molecule has 5 heteroatoms. The van der Waals surface area contributed by atoms with Crippen LogP contribution in [0, 0.1) is 5.41 Å². The van der Waals surface area contributed by atoms with Gasteiger partial charge in [0, 0.05) is 18.8 Å². The average molecular weight is 367 g/mol. The predicted molar refractivity (Wildman–Crippen MR) is 106 cm³/mol. The Hall–Kier alpha value is -2.92. The predicted octanol–water partition coefficient (Wildman–Crippen LogP) is 3.87. The van der Waals surface area contributed by atoms with Gasteiger partial charge in [0.05, 0.1) is 5.41 Å². The molecule has 0 spiro atoms. The van der Waals surface area contributed by atoms with E-state index < -0.39 is 17.5 Å². The molecule has 0 aliphatic rings. The molecule has 0 fully saturated rings. The quantitative estimate of drug-likeness (QED) is 0.495. The summed E-state index contributed by atoms with van der Waals surface area (Å²) in [7, 11) is 1.59. The monoisotopic (exact) mass is 367 g/mol. The third-order valence-corrected chi connectivity index (χ3v) is 4.06. The van der Waals surface area contributed by atoms with Crippen molar-refractivity contribution in [3.63, 3.8) is 0 Å². The largest absolute Gasteiger partial charge is 0.426 e. The maximum Gasteiger partial charge on any atom is 0.316 e. The number of ether oxygens (including phenoxy) is 1. The summed E-state index contributed by atoms with van der Waals surface area (Å²) in [5.74, 6) is -0.451. The van der Waals surface area contributed by atoms with Gasteiger partial charge in [-0.05, 0) is 50.1 Å². The lowest BCUT2D eigenvalue weighted by molar-refractivity contribution is -0.143. The molecule has 0 saturated heterocycles. The van der Waals surface area contributed by atoms with Gasteiger partial charge in [0.15, 0.2) is 0 Å². The van der Waals surface area contributed by atoms with Crippen molar-refractivity contribution in [2.75, 3.05) is 11.9 Å². The smallest absolute Gasteiger partial charge is 0.316 e. The number of carbonyl (C=O) groups is 2. The fourth-order valence-electron chi connectivity index (χ4n) is 2.37. The number of carbonyl (C=O) groups excluding carboxylic acids is 2. The Labute approximate surface area is 159 Å². The lowest BCUT2D eigenvalue weighted by Gasteiger charge is -2.21. The highest BCUT2D eigenvalue weighted by Crippen LogP contribution is 2.31. The Kier molecular flexibility index (Phi) is 6.18. The van der Waals surface area contributed by atoms with E-state index in [2.05, 4.69) is 6.58 Å². The van der Waals surface area contributed by atoms with Crippen LogP contribution in [0.3, 0.4) is 0 Å². The van der Waals surface area contributed by atoms with Gasteiger partial charge >= 0.3 is 5.97 Å². The van der Waals surface area contributed by atoms with Gasteiger partial charge in [-0.25, -0.2) is 0 Å². The van der Waals surface area contributed by atoms with Crippen LogP contribution in [0.2, 0.25) is 0 Å². The van der Waals surface area contributed by atoms with Crippen LogP contribution >= 0.6 is 0 Å². The lowest BCUT2D eigenvalue weighted by atomic mass is 9.97. The number of nitrogens with zero attached hydrogens (tertiary/aromatic N) is 1. The first-order chi connectivity index (χ1) is 12.6. The third-order valence-electron chi connectivity index (χ3n) is 4.06. The maximum absolute atomic E-state index is 12.3. The van der Waals surface area contributed by atoms with E-state index in [9.17, 15) is 14.7 Å². The molecule has 2 aromatic rings. The number of hydrogen-bond acceptors (Lipinski definition) is 4. The van der Waals surface area contributed by atoms with E-state index in [0.29, 0.717) is 16.8 Å². The summed E-state index contributed by atoms with van der Waals surface area (Å²) in [4.78, 5) is 25.6. The van der Waals surface area contributed by atoms with Crippen molar-refractivity contribution in [1.29, 1.82) is 0 Å². The number of benzene rings is 2. The number of aliphatic hydroxyl groups excluding tert-OH is 1. The molecule has 0 aromatic heterocycles. The second kappa shape index (κ2) is 8.18. The van der Waals surface area contributed by atoms with Crippen molar-refractivity contribution < 1.29 is 19.4 Å². The molecule has 1 atom stereocenters. The molecule has 0 aliphatic heterocycles. The highest BCUT2D eigenvalue weighted by Gasteiger charge is 2.25. The zero-order valence-corrected chi connectivity index (χ0v) is 16.1. The Morgan fingerprint density at radius 2 is 1.74 bits per heavy atom. The van der Waals surface area contributed by atoms with Crippen LogP contribution in [0.25, 0.3) is 0 Å². The molecule has 27 heavy (non-hydrogen) atoms. The van der Waals surface area contributed by atoms with E-state index in [4.69, 9.17) is 4.74 Å². The molecule has 1 amide bonds. The molecule has 142 valence electrons. The van der Waals surface area contributed by atoms with Gasteiger partial charge in [0.25, 0.3) is 0 Å². The van der Waals surface area contributed by atoms with E-state index >= 15 is 0 Å². The zero-order chi connectivity index (χ0) is 20.2. The summed E-state index contributed by atoms with van der Waals surface area (Å²) < 4.78 is 5.50. The summed E-state index contributed by atoms with van der Waals surface area (Å²) in [5, 5.41) is 10.7. The second-order valence-electron chi connectivity index (χ2n) is 7.31. The molecule has 1 N–H and O–H groups in total. The minimum Gasteiger partial charge on any atom is -0.426 e. The molecule has 2 rings (SSSR count). The van der Waals surface area contributed by atoms with Gasteiger partial charge in [0.1, 0.15) is 11.9 Å². The number of esters is 1. The molecule has 0 bridgehead atoms. The highest BCUT2D eigenvalue weighted by atomic mass is 16.5. The fourth-order valence-corrected chi connectivity index (χ4v) is 2.37. The minimum atomic E-state index is -0.925. The van der Waals surface area contributed by atoms with Gasteiger partial charge in [-0.3, -0.25) is 9.59 Å². The number of aliphatic hydroxyl groups is 1. The summed E-state index contributed by atoms with van der Waals surface area (Å²) in [6.07, 6.45) is 0.270. The zero-order valence-electron chi connectivity index (χ0n) is 16.1. The normalized spacial score (nSPS) is 12.2. The summed E-state index contributed by atoms with van der Waals surface area (Å²) in [6.45, 7) is 8.76. The Morgan fingerprint density at radius 3 is 2.30 bits per heavy atom. The molecule has 5 nitrogen and oxygen atoms in total. The molecule has 2 aromatic carbocycles. The Bertz CT molecular complexity index is 837. The SMILES string of the molecule is C=CC(=O)N(C)c1cc(OC(=O)C(C)(C)C)cc([C@H](O)c2ccccc2)c1. The standard InChI is InChI=1S/C22H25NO4/c1-6-19(24)23(5)17-12-16(20(25)15-10-8-7-9-11-15)13-18(14-17)27-21(26)22(2,3)4/h6-14,20,25H,1H2,2-5H3/t20-/m1/s1. The topological polar surface area (TPSA) is 66.8 Å². The van der Waals surface area contributed by atoms with Gasteiger partial charge in [-0.1, -0.05) is 36.9 Å². The molecule has 0 heterocycles. The maximum atomic E-state index is 12.3. The molecule has 0 radical (unpaired) electrons. The van der Waals surface area contributed by atoms with E-state index in [1.54, 1.807) is 58.2 Å². The van der Waals surface area contributed by atoms with Crippen molar-refractivity contribution in [3.8, 4) is 5.75 Å². The van der Waals surface area contributed by atoms with E-state index in [0.717, 1.165) is 0 Å². The number of anilines is 1. The fraction of sp³-hybridized carbons (Fsp3) is 0.273. The average Bonchev–Trinajstić information content (AvgIpc) is 2.65. The molecular formula is C22H25NO4. The van der Waals surface area contributed by atoms with E-state index in [-0.39, 0.29) is 11.7 Å². The number of amides is 1. The van der Waals surface area contributed by atoms with E-state index in [1.807, 2.05) is 18.2 Å². The Balaban J connectivity index is 2.49. The highest BCUT2D eigenvalue weighted by molar-refractivity contribution is 6.00. The first-order valence-corrected chi connectivity index (χ1v) is 8.64. The first kappa shape index (κ1) is 20.4. The lowest BCUT2D eigenvalue weighted by Crippen LogP contribution is -2.26. The van der Waals surface area contributed by atoms with Crippen LogP contribution < -0.4 is 9.64 Å². The van der Waals surface area contributed by atoms with Crippen molar-refractivity contribution in [1.82, 2.24) is 0 Å². The van der Waals surface area contributed by atoms with Crippen LogP contribution in [-0.2, 0) is 9.59 Å². The minimum absolute atomic E-state index is 0.265. The molecular weight excluding hydrogens is 342 g/mol. The van der Waals surface area contributed by atoms with Gasteiger partial charge in [0.2, 0.25) is 5.91 Å². The first-order valence-electron chi connectivity index (χ1n) is 8.64. The summed E-state index contributed by atoms with van der Waals surface area (Å²) >= 11 is 0. The van der Waals surface area contributed by atoms with Crippen molar-refractivity contribution >= 4 is 17.6 Å². The number of likely N-dealkylation sites (N-methyl/N-ethyl adjacent to an activating group) is 1. The van der Waals surface area contributed by atoms with Crippen molar-refractivity contribution in [2.45, 2.75) is 26.9 Å². The van der Waals surface area contributed by atoms with Crippen LogP contribution in [0.5, 0.6) is 5.75 Å². The Morgan fingerprint density at radius 1 is 1.11 bits per heavy atom. The number of hydrogen-bond donors (Lipinski definition) is 1. The molecule has 0 unspecified atom stereocenters. The van der Waals surface area contributed by atoms with Gasteiger partial charge in [-0.15, -0.1) is 0 Å². The van der Waals surface area contributed by atoms with Gasteiger partial charge < -0.3 is 14.7 Å². The van der Waals surface area contributed by atoms with Crippen molar-refractivity contribution in [3.05, 3.63) is 72.3 Å². The summed E-state index contributed by atoms with van der Waals surface area (Å²) in [5.41, 5.74) is 1.01. The van der Waals surface area contributed by atoms with Crippen molar-refractivity contribution in [2.24, 2.45) is 5.41 Å². The van der Waals surface area contributed by atoms with Crippen LogP contribution in [0.1, 0.15) is 38.0 Å². The second-order valence-corrected chi connectivity index (χ2v) is 7.31. The van der Waals surface area contributed by atoms with Gasteiger partial charge in [-0.2, -0.15) is 0 Å². The van der Waals surface area contributed by atoms with E-state index in [1.165, 1.54) is 11.0 Å². The number of rotatable bonds is 5. The van der Waals surface area contributed by atoms with Crippen LogP contribution in [0.4, 0.5) is 5.69 Å². The third kappa shape index (κ3) is 5.05. The molecule has 0 aliphatic carbocycles. The summed E-state index contributed by atoms with van der Waals surface area (Å²) in [6, 6.07) is 14.0.